The van der Waals surface area contributed by atoms with E-state index in [2.05, 4.69) is 10.1 Å². The fraction of sp³-hybridized carbons (Fsp3) is 0.250. The first-order chi connectivity index (χ1) is 14.6. The third-order valence-corrected chi connectivity index (χ3v) is 6.17. The molecular weight excluding hydrogens is 448 g/mol. The Labute approximate surface area is 184 Å². The van der Waals surface area contributed by atoms with Gasteiger partial charge >= 0.3 is 11.9 Å². The quantitative estimate of drug-likeness (QED) is 0.555. The lowest BCUT2D eigenvalue weighted by molar-refractivity contribution is -0.148. The largest absolute Gasteiger partial charge is 0.465 e. The zero-order chi connectivity index (χ0) is 23.0. The number of rotatable bonds is 9. The zero-order valence-electron chi connectivity index (χ0n) is 16.8. The normalized spacial score (nSPS) is 11.1. The van der Waals surface area contributed by atoms with Crippen molar-refractivity contribution in [1.82, 2.24) is 9.62 Å². The van der Waals surface area contributed by atoms with E-state index in [1.165, 1.54) is 38.4 Å². The van der Waals surface area contributed by atoms with Gasteiger partial charge in [0.1, 0.15) is 6.54 Å². The van der Waals surface area contributed by atoms with Crippen LogP contribution < -0.4 is 5.32 Å². The number of sulfonamides is 1. The molecule has 0 spiro atoms. The van der Waals surface area contributed by atoms with Crippen molar-refractivity contribution in [1.29, 1.82) is 0 Å². The van der Waals surface area contributed by atoms with Gasteiger partial charge in [-0.25, -0.2) is 13.2 Å². The lowest BCUT2D eigenvalue weighted by Gasteiger charge is -2.16. The summed E-state index contributed by atoms with van der Waals surface area (Å²) in [6.07, 6.45) is 0. The van der Waals surface area contributed by atoms with E-state index in [1.807, 2.05) is 0 Å². The molecule has 9 nitrogen and oxygen atoms in total. The molecule has 1 amide bonds. The Morgan fingerprint density at radius 2 is 1.65 bits per heavy atom. The second-order valence-electron chi connectivity index (χ2n) is 6.34. The molecule has 0 atom stereocenters. The van der Waals surface area contributed by atoms with Crippen LogP contribution in [0.25, 0.3) is 0 Å². The van der Waals surface area contributed by atoms with Crippen molar-refractivity contribution in [3.05, 3.63) is 64.7 Å². The maximum Gasteiger partial charge on any atom is 0.337 e. The average Bonchev–Trinajstić information content (AvgIpc) is 2.76. The number of amides is 1. The Bertz CT molecular complexity index is 1040. The van der Waals surface area contributed by atoms with E-state index in [1.54, 1.807) is 24.3 Å². The van der Waals surface area contributed by atoms with Crippen LogP contribution >= 0.6 is 11.6 Å². The summed E-state index contributed by atoms with van der Waals surface area (Å²) in [5.41, 5.74) is 1.10. The predicted molar refractivity (Wildman–Crippen MR) is 112 cm³/mol. The fourth-order valence-electron chi connectivity index (χ4n) is 2.37. The summed E-state index contributed by atoms with van der Waals surface area (Å²) in [5, 5.41) is 2.94. The second-order valence-corrected chi connectivity index (χ2v) is 8.82. The summed E-state index contributed by atoms with van der Waals surface area (Å²) in [7, 11) is -1.40. The van der Waals surface area contributed by atoms with Gasteiger partial charge in [-0.1, -0.05) is 23.7 Å². The van der Waals surface area contributed by atoms with Crippen molar-refractivity contribution < 1.29 is 32.3 Å². The number of nitrogens with zero attached hydrogens (tertiary/aromatic N) is 1. The maximum absolute atomic E-state index is 12.4. The molecule has 0 radical (unpaired) electrons. The van der Waals surface area contributed by atoms with E-state index in [9.17, 15) is 22.8 Å². The van der Waals surface area contributed by atoms with Crippen LogP contribution in [0.4, 0.5) is 0 Å². The Morgan fingerprint density at radius 1 is 1.03 bits per heavy atom. The number of likely N-dealkylation sites (N-methyl/N-ethyl adjacent to an activating group) is 1. The van der Waals surface area contributed by atoms with Crippen LogP contribution in [0.1, 0.15) is 15.9 Å². The van der Waals surface area contributed by atoms with Gasteiger partial charge in [-0.15, -0.1) is 0 Å². The Kier molecular flexibility index (Phi) is 8.55. The van der Waals surface area contributed by atoms with Crippen molar-refractivity contribution in [2.45, 2.75) is 11.4 Å². The molecule has 1 N–H and O–H groups in total. The van der Waals surface area contributed by atoms with E-state index >= 15 is 0 Å². The first kappa shape index (κ1) is 24.3. The zero-order valence-corrected chi connectivity index (χ0v) is 18.4. The molecule has 0 fully saturated rings. The summed E-state index contributed by atoms with van der Waals surface area (Å²) in [5.74, 6) is -1.91. The molecular formula is C20H21ClN2O7S. The number of nitrogens with one attached hydrogen (secondary N) is 1. The number of carbonyl (C=O) groups excluding carboxylic acids is 3. The van der Waals surface area contributed by atoms with Crippen LogP contribution in [0.2, 0.25) is 5.02 Å². The molecule has 2 aromatic rings. The van der Waals surface area contributed by atoms with Gasteiger partial charge in [-0.3, -0.25) is 9.59 Å². The van der Waals surface area contributed by atoms with Crippen LogP contribution in [0.15, 0.2) is 53.4 Å². The van der Waals surface area contributed by atoms with Crippen LogP contribution in [0.3, 0.4) is 0 Å². The molecule has 0 aromatic heterocycles. The Hall–Kier alpha value is -2.95. The molecule has 0 aliphatic heterocycles. The lowest BCUT2D eigenvalue weighted by Crippen LogP contribution is -2.35. The molecule has 0 bridgehead atoms. The Morgan fingerprint density at radius 3 is 2.23 bits per heavy atom. The number of hydrogen-bond donors (Lipinski definition) is 1. The number of benzene rings is 2. The van der Waals surface area contributed by atoms with E-state index in [0.29, 0.717) is 10.6 Å². The molecule has 0 aliphatic rings. The summed E-state index contributed by atoms with van der Waals surface area (Å²) >= 11 is 5.75. The minimum absolute atomic E-state index is 0.0249. The van der Waals surface area contributed by atoms with Crippen LogP contribution in [0, 0.1) is 0 Å². The number of esters is 2. The van der Waals surface area contributed by atoms with Crippen LogP contribution in [-0.4, -0.2) is 57.9 Å². The molecule has 0 saturated carbocycles. The van der Waals surface area contributed by atoms with E-state index < -0.39 is 41.0 Å². The summed E-state index contributed by atoms with van der Waals surface area (Å²) in [6, 6.07) is 11.9. The van der Waals surface area contributed by atoms with E-state index in [-0.39, 0.29) is 11.4 Å². The highest BCUT2D eigenvalue weighted by molar-refractivity contribution is 7.89. The third-order valence-electron chi connectivity index (χ3n) is 4.10. The van der Waals surface area contributed by atoms with E-state index in [0.717, 1.165) is 9.87 Å². The monoisotopic (exact) mass is 468 g/mol. The van der Waals surface area contributed by atoms with Crippen molar-refractivity contribution in [3.8, 4) is 0 Å². The highest BCUT2D eigenvalue weighted by Gasteiger charge is 2.23. The Balaban J connectivity index is 1.79. The highest BCUT2D eigenvalue weighted by atomic mass is 35.5. The van der Waals surface area contributed by atoms with Gasteiger partial charge in [0, 0.05) is 18.6 Å². The van der Waals surface area contributed by atoms with Gasteiger partial charge < -0.3 is 14.8 Å². The summed E-state index contributed by atoms with van der Waals surface area (Å²) in [4.78, 5) is 35.2. The van der Waals surface area contributed by atoms with Gasteiger partial charge in [0.05, 0.1) is 17.6 Å². The molecule has 0 heterocycles. The second kappa shape index (κ2) is 10.9. The number of methoxy groups -OCH3 is 1. The summed E-state index contributed by atoms with van der Waals surface area (Å²) < 4.78 is 35.1. The van der Waals surface area contributed by atoms with Gasteiger partial charge in [0.2, 0.25) is 10.0 Å². The number of halogens is 1. The van der Waals surface area contributed by atoms with E-state index in [4.69, 9.17) is 16.3 Å². The molecule has 2 aromatic carbocycles. The topological polar surface area (TPSA) is 119 Å². The van der Waals surface area contributed by atoms with Crippen LogP contribution in [0.5, 0.6) is 0 Å². The molecule has 2 rings (SSSR count). The maximum atomic E-state index is 12.4. The lowest BCUT2D eigenvalue weighted by atomic mass is 10.1. The minimum Gasteiger partial charge on any atom is -0.465 e. The molecule has 0 unspecified atom stereocenters. The first-order valence-corrected chi connectivity index (χ1v) is 10.8. The number of hydrogen-bond acceptors (Lipinski definition) is 7. The molecule has 0 aliphatic carbocycles. The smallest absolute Gasteiger partial charge is 0.337 e. The fourth-order valence-corrected chi connectivity index (χ4v) is 3.61. The number of carbonyl (C=O) groups is 3. The summed E-state index contributed by atoms with van der Waals surface area (Å²) in [6.45, 7) is -0.968. The molecule has 166 valence electrons. The van der Waals surface area contributed by atoms with Gasteiger partial charge in [-0.05, 0) is 42.0 Å². The number of ether oxygens (including phenoxy) is 2. The molecule has 31 heavy (non-hydrogen) atoms. The van der Waals surface area contributed by atoms with Gasteiger partial charge in [-0.2, -0.15) is 4.31 Å². The van der Waals surface area contributed by atoms with Crippen molar-refractivity contribution >= 4 is 39.5 Å². The van der Waals surface area contributed by atoms with Crippen LogP contribution in [-0.2, 0) is 35.6 Å². The SMILES string of the molecule is COC(=O)c1ccc(CNC(=O)COC(=O)CN(C)S(=O)(=O)c2ccc(Cl)cc2)cc1. The van der Waals surface area contributed by atoms with Crippen molar-refractivity contribution in [2.75, 3.05) is 27.3 Å². The third kappa shape index (κ3) is 7.06. The minimum atomic E-state index is -3.91. The first-order valence-electron chi connectivity index (χ1n) is 8.95. The van der Waals surface area contributed by atoms with Crippen molar-refractivity contribution in [3.63, 3.8) is 0 Å². The highest BCUT2D eigenvalue weighted by Crippen LogP contribution is 2.17. The average molecular weight is 469 g/mol. The molecule has 11 heteroatoms. The molecule has 0 saturated heterocycles. The standard InChI is InChI=1S/C20H21ClN2O7S/c1-23(31(27,28)17-9-7-16(21)8-10-17)12-19(25)30-13-18(24)22-11-14-3-5-15(6-4-14)20(26)29-2/h3-10H,11-13H2,1-2H3,(H,22,24). The predicted octanol–water partition coefficient (Wildman–Crippen LogP) is 1.61. The van der Waals surface area contributed by atoms with Crippen molar-refractivity contribution in [2.24, 2.45) is 0 Å². The van der Waals surface area contributed by atoms with Gasteiger partial charge in [0.15, 0.2) is 6.61 Å². The van der Waals surface area contributed by atoms with Gasteiger partial charge in [0.25, 0.3) is 5.91 Å².